The monoisotopic (exact) mass is 372 g/mol. The van der Waals surface area contributed by atoms with Crippen molar-refractivity contribution in [3.05, 3.63) is 58.6 Å². The molecule has 1 unspecified atom stereocenters. The fourth-order valence-corrected chi connectivity index (χ4v) is 3.63. The van der Waals surface area contributed by atoms with E-state index < -0.39 is 21.9 Å². The lowest BCUT2D eigenvalue weighted by Crippen LogP contribution is -2.30. The minimum absolute atomic E-state index is 0.339. The van der Waals surface area contributed by atoms with E-state index >= 15 is 0 Å². The van der Waals surface area contributed by atoms with Gasteiger partial charge in [0, 0.05) is 30.0 Å². The molecule has 2 rings (SSSR count). The summed E-state index contributed by atoms with van der Waals surface area (Å²) >= 11 is 3.11. The maximum Gasteiger partial charge on any atom is 0.246 e. The molecular formula is C14H14BrFN2O2S. The number of sulfonamides is 1. The van der Waals surface area contributed by atoms with E-state index in [2.05, 4.69) is 20.9 Å². The van der Waals surface area contributed by atoms with Gasteiger partial charge in [-0.15, -0.1) is 0 Å². The molecule has 0 fully saturated rings. The number of pyridine rings is 1. The Bertz CT molecular complexity index is 738. The van der Waals surface area contributed by atoms with E-state index in [-0.39, 0.29) is 4.90 Å². The third-order valence-corrected chi connectivity index (χ3v) is 5.74. The van der Waals surface area contributed by atoms with Gasteiger partial charge < -0.3 is 0 Å². The van der Waals surface area contributed by atoms with Gasteiger partial charge in [-0.05, 0) is 42.8 Å². The van der Waals surface area contributed by atoms with E-state index in [1.54, 1.807) is 31.5 Å². The summed E-state index contributed by atoms with van der Waals surface area (Å²) in [5.74, 6) is -0.779. The molecule has 0 radical (unpaired) electrons. The SMILES string of the molecule is CC(c1ccncc1)N(C)S(=O)(=O)c1ccc(Br)cc1F. The number of aromatic nitrogens is 1. The Hall–Kier alpha value is -1.31. The fraction of sp³-hybridized carbons (Fsp3) is 0.214. The van der Waals surface area contributed by atoms with Crippen molar-refractivity contribution in [2.45, 2.75) is 17.9 Å². The van der Waals surface area contributed by atoms with Crippen LogP contribution in [0.5, 0.6) is 0 Å². The van der Waals surface area contributed by atoms with Crippen molar-refractivity contribution >= 4 is 26.0 Å². The first-order chi connectivity index (χ1) is 9.84. The molecule has 1 aromatic heterocycles. The van der Waals surface area contributed by atoms with Crippen molar-refractivity contribution in [2.24, 2.45) is 0 Å². The van der Waals surface area contributed by atoms with E-state index in [9.17, 15) is 12.8 Å². The van der Waals surface area contributed by atoms with Gasteiger partial charge in [-0.3, -0.25) is 4.98 Å². The molecule has 1 atom stereocenters. The molecular weight excluding hydrogens is 359 g/mol. The smallest absolute Gasteiger partial charge is 0.246 e. The summed E-state index contributed by atoms with van der Waals surface area (Å²) in [6.07, 6.45) is 3.18. The van der Waals surface area contributed by atoms with Gasteiger partial charge in [0.05, 0.1) is 0 Å². The van der Waals surface area contributed by atoms with Gasteiger partial charge >= 0.3 is 0 Å². The highest BCUT2D eigenvalue weighted by Gasteiger charge is 2.28. The molecule has 4 nitrogen and oxygen atoms in total. The molecule has 112 valence electrons. The highest BCUT2D eigenvalue weighted by Crippen LogP contribution is 2.27. The Labute approximate surface area is 131 Å². The molecule has 0 aliphatic rings. The maximum atomic E-state index is 13.9. The molecule has 1 aromatic carbocycles. The summed E-state index contributed by atoms with van der Waals surface area (Å²) in [5, 5.41) is 0. The first-order valence-corrected chi connectivity index (χ1v) is 8.40. The zero-order chi connectivity index (χ0) is 15.6. The molecule has 7 heteroatoms. The van der Waals surface area contributed by atoms with Gasteiger partial charge in [0.25, 0.3) is 0 Å². The second kappa shape index (κ2) is 6.21. The van der Waals surface area contributed by atoms with E-state index in [1.807, 2.05) is 0 Å². The number of benzene rings is 1. The van der Waals surface area contributed by atoms with E-state index in [0.29, 0.717) is 4.47 Å². The molecule has 1 heterocycles. The predicted molar refractivity (Wildman–Crippen MR) is 81.7 cm³/mol. The third-order valence-electron chi connectivity index (χ3n) is 3.28. The molecule has 0 aliphatic heterocycles. The zero-order valence-electron chi connectivity index (χ0n) is 11.5. The molecule has 21 heavy (non-hydrogen) atoms. The van der Waals surface area contributed by atoms with Crippen molar-refractivity contribution in [1.29, 1.82) is 0 Å². The van der Waals surface area contributed by atoms with Crippen LogP contribution in [-0.4, -0.2) is 24.8 Å². The van der Waals surface area contributed by atoms with Crippen LogP contribution in [0.2, 0.25) is 0 Å². The molecule has 0 bridgehead atoms. The van der Waals surface area contributed by atoms with Crippen molar-refractivity contribution in [1.82, 2.24) is 9.29 Å². The summed E-state index contributed by atoms with van der Waals surface area (Å²) in [5.41, 5.74) is 0.786. The van der Waals surface area contributed by atoms with Crippen LogP contribution in [0.15, 0.2) is 52.1 Å². The van der Waals surface area contributed by atoms with Crippen molar-refractivity contribution in [2.75, 3.05) is 7.05 Å². The van der Waals surface area contributed by atoms with Crippen LogP contribution in [-0.2, 0) is 10.0 Å². The minimum Gasteiger partial charge on any atom is -0.265 e. The Morgan fingerprint density at radius 2 is 1.86 bits per heavy atom. The lowest BCUT2D eigenvalue weighted by atomic mass is 10.1. The van der Waals surface area contributed by atoms with Gasteiger partial charge in [-0.1, -0.05) is 15.9 Å². The van der Waals surface area contributed by atoms with Crippen molar-refractivity contribution in [3.63, 3.8) is 0 Å². The highest BCUT2D eigenvalue weighted by molar-refractivity contribution is 9.10. The van der Waals surface area contributed by atoms with Crippen LogP contribution in [0.3, 0.4) is 0 Å². The topological polar surface area (TPSA) is 50.3 Å². The van der Waals surface area contributed by atoms with Crippen LogP contribution in [0.1, 0.15) is 18.5 Å². The van der Waals surface area contributed by atoms with Crippen molar-refractivity contribution < 1.29 is 12.8 Å². The molecule has 0 amide bonds. The lowest BCUT2D eigenvalue weighted by molar-refractivity contribution is 0.395. The van der Waals surface area contributed by atoms with Gasteiger partial charge in [-0.2, -0.15) is 4.31 Å². The first-order valence-electron chi connectivity index (χ1n) is 6.17. The summed E-state index contributed by atoms with van der Waals surface area (Å²) in [4.78, 5) is 3.56. The Balaban J connectivity index is 2.39. The number of nitrogens with zero attached hydrogens (tertiary/aromatic N) is 2. The van der Waals surface area contributed by atoms with Crippen LogP contribution in [0.4, 0.5) is 4.39 Å². The Kier molecular flexibility index (Phi) is 4.75. The van der Waals surface area contributed by atoms with Gasteiger partial charge in [0.15, 0.2) is 0 Å². The quantitative estimate of drug-likeness (QED) is 0.826. The number of rotatable bonds is 4. The standard InChI is InChI=1S/C14H14BrFN2O2S/c1-10(11-5-7-17-8-6-11)18(2)21(19,20)14-4-3-12(15)9-13(14)16/h3-10H,1-2H3. The molecule has 0 N–H and O–H groups in total. The summed E-state index contributed by atoms with van der Waals surface area (Å²) < 4.78 is 40.6. The van der Waals surface area contributed by atoms with Gasteiger partial charge in [0.2, 0.25) is 10.0 Å². The predicted octanol–water partition coefficient (Wildman–Crippen LogP) is 3.36. The molecule has 2 aromatic rings. The molecule has 0 aliphatic carbocycles. The molecule has 0 spiro atoms. The minimum atomic E-state index is -3.92. The van der Waals surface area contributed by atoms with Crippen molar-refractivity contribution in [3.8, 4) is 0 Å². The highest BCUT2D eigenvalue weighted by atomic mass is 79.9. The second-order valence-corrected chi connectivity index (χ2v) is 7.43. The normalized spacial score (nSPS) is 13.4. The van der Waals surface area contributed by atoms with Crippen LogP contribution in [0, 0.1) is 5.82 Å². The van der Waals surface area contributed by atoms with E-state index in [4.69, 9.17) is 0 Å². The number of halogens is 2. The average molecular weight is 373 g/mol. The van der Waals surface area contributed by atoms with Crippen LogP contribution >= 0.6 is 15.9 Å². The Morgan fingerprint density at radius 1 is 1.24 bits per heavy atom. The maximum absolute atomic E-state index is 13.9. The summed E-state index contributed by atoms with van der Waals surface area (Å²) in [6, 6.07) is 6.92. The molecule has 0 saturated heterocycles. The zero-order valence-corrected chi connectivity index (χ0v) is 13.9. The lowest BCUT2D eigenvalue weighted by Gasteiger charge is -2.24. The summed E-state index contributed by atoms with van der Waals surface area (Å²) in [7, 11) is -2.48. The van der Waals surface area contributed by atoms with E-state index in [1.165, 1.54) is 19.2 Å². The van der Waals surface area contributed by atoms with Gasteiger partial charge in [-0.25, -0.2) is 12.8 Å². The average Bonchev–Trinajstić information content (AvgIpc) is 2.46. The summed E-state index contributed by atoms with van der Waals surface area (Å²) in [6.45, 7) is 1.74. The number of hydrogen-bond donors (Lipinski definition) is 0. The first kappa shape index (κ1) is 16.1. The van der Waals surface area contributed by atoms with Crippen LogP contribution < -0.4 is 0 Å². The fourth-order valence-electron chi connectivity index (χ4n) is 1.90. The number of hydrogen-bond acceptors (Lipinski definition) is 3. The largest absolute Gasteiger partial charge is 0.265 e. The van der Waals surface area contributed by atoms with Crippen LogP contribution in [0.25, 0.3) is 0 Å². The molecule has 0 saturated carbocycles. The second-order valence-electron chi connectivity index (χ2n) is 4.55. The Morgan fingerprint density at radius 3 is 2.43 bits per heavy atom. The van der Waals surface area contributed by atoms with Gasteiger partial charge in [0.1, 0.15) is 10.7 Å². The van der Waals surface area contributed by atoms with E-state index in [0.717, 1.165) is 15.9 Å². The third kappa shape index (κ3) is 3.30.